The van der Waals surface area contributed by atoms with E-state index in [1.165, 1.54) is 18.2 Å². The van der Waals surface area contributed by atoms with Crippen LogP contribution in [-0.4, -0.2) is 53.4 Å². The minimum absolute atomic E-state index is 0.0975. The largest absolute Gasteiger partial charge is 0.336 e. The van der Waals surface area contributed by atoms with E-state index in [0.29, 0.717) is 32.7 Å². The van der Waals surface area contributed by atoms with Crippen molar-refractivity contribution >= 4 is 23.2 Å². The summed E-state index contributed by atoms with van der Waals surface area (Å²) >= 11 is 5.98. The molecule has 1 aliphatic heterocycles. The highest BCUT2D eigenvalue weighted by atomic mass is 35.5. The molecule has 1 heterocycles. The quantitative estimate of drug-likeness (QED) is 0.484. The molecule has 21 heavy (non-hydrogen) atoms. The molecule has 0 bridgehead atoms. The van der Waals surface area contributed by atoms with Crippen molar-refractivity contribution < 1.29 is 9.72 Å². The second-order valence-electron chi connectivity index (χ2n) is 4.69. The fourth-order valence-corrected chi connectivity index (χ4v) is 2.46. The third-order valence-electron chi connectivity index (χ3n) is 3.37. The number of hydrogen-bond acceptors (Lipinski definition) is 4. The lowest BCUT2D eigenvalue weighted by Gasteiger charge is -2.33. The molecule has 1 aliphatic rings. The van der Waals surface area contributed by atoms with Gasteiger partial charge < -0.3 is 4.90 Å². The average Bonchev–Trinajstić information content (AvgIpc) is 2.47. The van der Waals surface area contributed by atoms with E-state index in [4.69, 9.17) is 18.0 Å². The van der Waals surface area contributed by atoms with Gasteiger partial charge in [-0.25, -0.2) is 0 Å². The van der Waals surface area contributed by atoms with Gasteiger partial charge in [-0.15, -0.1) is 6.42 Å². The van der Waals surface area contributed by atoms with Crippen molar-refractivity contribution in [1.82, 2.24) is 9.80 Å². The van der Waals surface area contributed by atoms with Gasteiger partial charge in [-0.05, 0) is 6.07 Å². The van der Waals surface area contributed by atoms with Gasteiger partial charge in [0.1, 0.15) is 0 Å². The van der Waals surface area contributed by atoms with Gasteiger partial charge in [-0.1, -0.05) is 17.5 Å². The Labute approximate surface area is 127 Å². The van der Waals surface area contributed by atoms with Crippen LogP contribution in [0.25, 0.3) is 0 Å². The first-order valence-corrected chi connectivity index (χ1v) is 6.79. The van der Waals surface area contributed by atoms with Crippen LogP contribution >= 0.6 is 11.6 Å². The molecule has 6 nitrogen and oxygen atoms in total. The maximum Gasteiger partial charge on any atom is 0.270 e. The first-order chi connectivity index (χ1) is 10.0. The van der Waals surface area contributed by atoms with E-state index in [0.717, 1.165) is 0 Å². The molecule has 0 N–H and O–H groups in total. The van der Waals surface area contributed by atoms with Gasteiger partial charge in [-0.2, -0.15) is 0 Å². The second kappa shape index (κ2) is 6.57. The fourth-order valence-electron chi connectivity index (χ4n) is 2.20. The molecule has 1 amide bonds. The van der Waals surface area contributed by atoms with Crippen molar-refractivity contribution in [2.45, 2.75) is 0 Å². The summed E-state index contributed by atoms with van der Waals surface area (Å²) in [5, 5.41) is 10.8. The number of halogens is 1. The van der Waals surface area contributed by atoms with E-state index in [1.807, 2.05) is 0 Å². The van der Waals surface area contributed by atoms with Crippen LogP contribution in [0.2, 0.25) is 5.02 Å². The van der Waals surface area contributed by atoms with E-state index >= 15 is 0 Å². The Morgan fingerprint density at radius 1 is 1.38 bits per heavy atom. The van der Waals surface area contributed by atoms with Crippen LogP contribution in [-0.2, 0) is 0 Å². The molecule has 0 atom stereocenters. The molecule has 0 spiro atoms. The molecule has 0 aromatic heterocycles. The van der Waals surface area contributed by atoms with E-state index in [2.05, 4.69) is 10.8 Å². The van der Waals surface area contributed by atoms with Crippen molar-refractivity contribution in [3.63, 3.8) is 0 Å². The molecule has 1 aromatic rings. The number of rotatable bonds is 3. The number of non-ortho nitro benzene ring substituents is 1. The van der Waals surface area contributed by atoms with Crippen LogP contribution in [0.1, 0.15) is 10.4 Å². The van der Waals surface area contributed by atoms with Crippen molar-refractivity contribution in [3.8, 4) is 12.3 Å². The molecular formula is C14H14ClN3O3. The van der Waals surface area contributed by atoms with Crippen molar-refractivity contribution in [2.24, 2.45) is 0 Å². The van der Waals surface area contributed by atoms with Gasteiger partial charge in [0.2, 0.25) is 0 Å². The van der Waals surface area contributed by atoms with Crippen molar-refractivity contribution in [2.75, 3.05) is 32.7 Å². The van der Waals surface area contributed by atoms with Crippen LogP contribution in [0.4, 0.5) is 5.69 Å². The first-order valence-electron chi connectivity index (χ1n) is 6.42. The summed E-state index contributed by atoms with van der Waals surface area (Å²) in [5.41, 5.74) is 0.156. The number of nitro benzene ring substituents is 1. The van der Waals surface area contributed by atoms with Gasteiger partial charge in [0, 0.05) is 38.3 Å². The van der Waals surface area contributed by atoms with E-state index in [-0.39, 0.29) is 22.2 Å². The SMILES string of the molecule is C#CCN1CCN(C(=O)c2ccc([N+](=O)[O-])cc2Cl)CC1. The third kappa shape index (κ3) is 3.51. The Balaban J connectivity index is 2.08. The lowest BCUT2D eigenvalue weighted by atomic mass is 10.1. The fraction of sp³-hybridized carbons (Fsp3) is 0.357. The number of piperazine rings is 1. The van der Waals surface area contributed by atoms with Gasteiger partial charge in [0.15, 0.2) is 0 Å². The predicted molar refractivity (Wildman–Crippen MR) is 79.3 cm³/mol. The molecule has 1 fully saturated rings. The zero-order valence-electron chi connectivity index (χ0n) is 11.3. The number of nitro groups is 1. The summed E-state index contributed by atoms with van der Waals surface area (Å²) in [5.74, 6) is 2.36. The molecule has 0 aliphatic carbocycles. The Morgan fingerprint density at radius 3 is 2.57 bits per heavy atom. The molecule has 7 heteroatoms. The molecule has 0 saturated carbocycles. The average molecular weight is 308 g/mol. The third-order valence-corrected chi connectivity index (χ3v) is 3.68. The molecule has 0 unspecified atom stereocenters. The Bertz CT molecular complexity index is 604. The number of hydrogen-bond donors (Lipinski definition) is 0. The zero-order valence-corrected chi connectivity index (χ0v) is 12.0. The highest BCUT2D eigenvalue weighted by molar-refractivity contribution is 6.34. The number of carbonyl (C=O) groups is 1. The van der Waals surface area contributed by atoms with E-state index < -0.39 is 4.92 Å². The number of benzene rings is 1. The molecule has 0 radical (unpaired) electrons. The summed E-state index contributed by atoms with van der Waals surface area (Å²) in [7, 11) is 0. The number of terminal acetylenes is 1. The van der Waals surface area contributed by atoms with Gasteiger partial charge in [0.25, 0.3) is 11.6 Å². The summed E-state index contributed by atoms with van der Waals surface area (Å²) in [6, 6.07) is 3.88. The molecule has 1 aromatic carbocycles. The topological polar surface area (TPSA) is 66.7 Å². The first kappa shape index (κ1) is 15.3. The van der Waals surface area contributed by atoms with Crippen LogP contribution in [0.3, 0.4) is 0 Å². The number of nitrogens with zero attached hydrogens (tertiary/aromatic N) is 3. The van der Waals surface area contributed by atoms with Crippen LogP contribution in [0.5, 0.6) is 0 Å². The summed E-state index contributed by atoms with van der Waals surface area (Å²) < 4.78 is 0. The van der Waals surface area contributed by atoms with Crippen LogP contribution in [0, 0.1) is 22.5 Å². The summed E-state index contributed by atoms with van der Waals surface area (Å²) in [6.45, 7) is 3.11. The highest BCUT2D eigenvalue weighted by Gasteiger charge is 2.24. The number of carbonyl (C=O) groups excluding carboxylic acids is 1. The van der Waals surface area contributed by atoms with Gasteiger partial charge in [-0.3, -0.25) is 19.8 Å². The molecule has 1 saturated heterocycles. The smallest absolute Gasteiger partial charge is 0.270 e. The van der Waals surface area contributed by atoms with Crippen molar-refractivity contribution in [3.05, 3.63) is 38.9 Å². The lowest BCUT2D eigenvalue weighted by molar-refractivity contribution is -0.384. The van der Waals surface area contributed by atoms with Gasteiger partial charge >= 0.3 is 0 Å². The highest BCUT2D eigenvalue weighted by Crippen LogP contribution is 2.24. The standard InChI is InChI=1S/C14H14ClN3O3/c1-2-5-16-6-8-17(9-7-16)14(19)12-4-3-11(18(20)21)10-13(12)15/h1,3-4,10H,5-9H2. The zero-order chi connectivity index (χ0) is 15.4. The monoisotopic (exact) mass is 307 g/mol. The Kier molecular flexibility index (Phi) is 4.78. The maximum absolute atomic E-state index is 12.4. The lowest BCUT2D eigenvalue weighted by Crippen LogP contribution is -2.48. The second-order valence-corrected chi connectivity index (χ2v) is 5.10. The molecule has 110 valence electrons. The Hall–Kier alpha value is -2.10. The summed E-state index contributed by atoms with van der Waals surface area (Å²) in [6.07, 6.45) is 5.26. The molecule has 2 rings (SSSR count). The predicted octanol–water partition coefficient (Wildman–Crippen LogP) is 1.64. The number of amides is 1. The van der Waals surface area contributed by atoms with Crippen LogP contribution in [0.15, 0.2) is 18.2 Å². The minimum atomic E-state index is -0.543. The van der Waals surface area contributed by atoms with Crippen molar-refractivity contribution in [1.29, 1.82) is 0 Å². The van der Waals surface area contributed by atoms with E-state index in [9.17, 15) is 14.9 Å². The summed E-state index contributed by atoms with van der Waals surface area (Å²) in [4.78, 5) is 26.3. The maximum atomic E-state index is 12.4. The van der Waals surface area contributed by atoms with Crippen LogP contribution < -0.4 is 0 Å². The molecular weight excluding hydrogens is 294 g/mol. The Morgan fingerprint density at radius 2 is 2.05 bits per heavy atom. The normalized spacial score (nSPS) is 15.5. The van der Waals surface area contributed by atoms with Gasteiger partial charge in [0.05, 0.1) is 22.1 Å². The van der Waals surface area contributed by atoms with E-state index in [1.54, 1.807) is 4.90 Å². The minimum Gasteiger partial charge on any atom is -0.336 e.